The lowest BCUT2D eigenvalue weighted by molar-refractivity contribution is 0.298. The normalized spacial score (nSPS) is 13.0. The lowest BCUT2D eigenvalue weighted by Gasteiger charge is -2.25. The molecular formula is C17H21ClN2O3S. The van der Waals surface area contributed by atoms with Crippen LogP contribution in [-0.2, 0) is 10.0 Å². The molecule has 0 aromatic heterocycles. The Bertz CT molecular complexity index is 777. The first-order valence-corrected chi connectivity index (χ1v) is 9.25. The number of nitrogens with zero attached hydrogens (tertiary/aromatic N) is 1. The summed E-state index contributed by atoms with van der Waals surface area (Å²) in [5, 5.41) is 0.497. The van der Waals surface area contributed by atoms with Gasteiger partial charge in [0.15, 0.2) is 0 Å². The van der Waals surface area contributed by atoms with E-state index in [4.69, 9.17) is 16.3 Å². The van der Waals surface area contributed by atoms with Crippen LogP contribution in [0.4, 0.5) is 0 Å². The fourth-order valence-corrected chi connectivity index (χ4v) is 3.50. The third kappa shape index (κ3) is 4.70. The molecule has 2 aromatic carbocycles. The van der Waals surface area contributed by atoms with E-state index in [-0.39, 0.29) is 17.5 Å². The second-order valence-corrected chi connectivity index (χ2v) is 7.77. The van der Waals surface area contributed by atoms with Gasteiger partial charge >= 0.3 is 0 Å². The van der Waals surface area contributed by atoms with Crippen molar-refractivity contribution in [3.8, 4) is 5.75 Å². The molecule has 5 nitrogen and oxygen atoms in total. The molecule has 0 saturated heterocycles. The number of sulfonamides is 1. The molecule has 0 saturated carbocycles. The van der Waals surface area contributed by atoms with Crippen LogP contribution < -0.4 is 9.46 Å². The topological polar surface area (TPSA) is 58.6 Å². The Hall–Kier alpha value is -1.60. The van der Waals surface area contributed by atoms with Crippen LogP contribution in [0.1, 0.15) is 11.6 Å². The fourth-order valence-electron chi connectivity index (χ4n) is 2.33. The molecule has 0 fully saturated rings. The van der Waals surface area contributed by atoms with Gasteiger partial charge in [-0.15, -0.1) is 0 Å². The molecule has 7 heteroatoms. The summed E-state index contributed by atoms with van der Waals surface area (Å²) in [5.74, 6) is 0.736. The lowest BCUT2D eigenvalue weighted by Crippen LogP contribution is -2.34. The number of rotatable bonds is 7. The van der Waals surface area contributed by atoms with Crippen molar-refractivity contribution in [2.24, 2.45) is 0 Å². The predicted octanol–water partition coefficient (Wildman–Crippen LogP) is 2.93. The first-order chi connectivity index (χ1) is 11.3. The number of ether oxygens (including phenoxy) is 1. The molecular weight excluding hydrogens is 348 g/mol. The number of methoxy groups -OCH3 is 1. The summed E-state index contributed by atoms with van der Waals surface area (Å²) in [6.07, 6.45) is 0. The van der Waals surface area contributed by atoms with Gasteiger partial charge in [-0.3, -0.25) is 0 Å². The standard InChI is InChI=1S/C17H21ClN2O3S/c1-20(2)17(13-5-4-6-15(11-13)23-3)12-19-24(21,22)16-9-7-14(18)8-10-16/h4-11,17,19H,12H2,1-3H3/t17-/m0/s1. The highest BCUT2D eigenvalue weighted by Crippen LogP contribution is 2.23. The van der Waals surface area contributed by atoms with Gasteiger partial charge in [-0.1, -0.05) is 23.7 Å². The summed E-state index contributed by atoms with van der Waals surface area (Å²) >= 11 is 5.81. The molecule has 0 spiro atoms. The van der Waals surface area contributed by atoms with E-state index in [0.717, 1.165) is 11.3 Å². The van der Waals surface area contributed by atoms with Crippen LogP contribution in [0.5, 0.6) is 5.75 Å². The van der Waals surface area contributed by atoms with Crippen molar-refractivity contribution in [3.05, 3.63) is 59.1 Å². The maximum absolute atomic E-state index is 12.4. The van der Waals surface area contributed by atoms with Crippen LogP contribution >= 0.6 is 11.6 Å². The first-order valence-electron chi connectivity index (χ1n) is 7.39. The molecule has 24 heavy (non-hydrogen) atoms. The molecule has 1 N–H and O–H groups in total. The summed E-state index contributed by atoms with van der Waals surface area (Å²) in [7, 11) is 1.82. The highest BCUT2D eigenvalue weighted by molar-refractivity contribution is 7.89. The van der Waals surface area contributed by atoms with Gasteiger partial charge in [-0.05, 0) is 56.1 Å². The van der Waals surface area contributed by atoms with E-state index in [1.165, 1.54) is 12.1 Å². The fraction of sp³-hybridized carbons (Fsp3) is 0.294. The Morgan fingerprint density at radius 2 is 1.83 bits per heavy atom. The van der Waals surface area contributed by atoms with Crippen LogP contribution in [0, 0.1) is 0 Å². The molecule has 0 bridgehead atoms. The zero-order valence-corrected chi connectivity index (χ0v) is 15.4. The van der Waals surface area contributed by atoms with Crippen molar-refractivity contribution in [2.75, 3.05) is 27.7 Å². The van der Waals surface area contributed by atoms with Gasteiger partial charge in [-0.2, -0.15) is 0 Å². The summed E-state index contributed by atoms with van der Waals surface area (Å²) in [4.78, 5) is 2.15. The maximum atomic E-state index is 12.4. The van der Waals surface area contributed by atoms with Crippen molar-refractivity contribution in [2.45, 2.75) is 10.9 Å². The summed E-state index contributed by atoms with van der Waals surface area (Å²) < 4.78 is 32.8. The van der Waals surface area contributed by atoms with Crippen molar-refractivity contribution in [1.29, 1.82) is 0 Å². The predicted molar refractivity (Wildman–Crippen MR) is 96.1 cm³/mol. The summed E-state index contributed by atoms with van der Waals surface area (Å²) in [5.41, 5.74) is 0.971. The number of halogens is 1. The third-order valence-corrected chi connectivity index (χ3v) is 5.38. The van der Waals surface area contributed by atoms with E-state index in [2.05, 4.69) is 4.72 Å². The Balaban J connectivity index is 2.17. The van der Waals surface area contributed by atoms with Gasteiger partial charge < -0.3 is 9.64 Å². The zero-order chi connectivity index (χ0) is 17.7. The number of likely N-dealkylation sites (N-methyl/N-ethyl adjacent to an activating group) is 1. The number of hydrogen-bond acceptors (Lipinski definition) is 4. The van der Waals surface area contributed by atoms with Crippen molar-refractivity contribution in [3.63, 3.8) is 0 Å². The quantitative estimate of drug-likeness (QED) is 0.816. The molecule has 0 aliphatic rings. The molecule has 2 aromatic rings. The van der Waals surface area contributed by atoms with E-state index in [1.807, 2.05) is 43.3 Å². The van der Waals surface area contributed by atoms with Gasteiger partial charge in [0, 0.05) is 17.6 Å². The zero-order valence-electron chi connectivity index (χ0n) is 13.9. The Morgan fingerprint density at radius 1 is 1.17 bits per heavy atom. The maximum Gasteiger partial charge on any atom is 0.240 e. The third-order valence-electron chi connectivity index (χ3n) is 3.69. The highest BCUT2D eigenvalue weighted by Gasteiger charge is 2.20. The minimum absolute atomic E-state index is 0.123. The SMILES string of the molecule is COc1cccc([C@H](CNS(=O)(=O)c2ccc(Cl)cc2)N(C)C)c1. The van der Waals surface area contributed by atoms with Crippen LogP contribution in [0.25, 0.3) is 0 Å². The Morgan fingerprint density at radius 3 is 2.42 bits per heavy atom. The Labute approximate surface area is 148 Å². The molecule has 0 aliphatic heterocycles. The summed E-state index contributed by atoms with van der Waals surface area (Å²) in [6, 6.07) is 13.6. The molecule has 0 aliphatic carbocycles. The van der Waals surface area contributed by atoms with Crippen LogP contribution in [0.2, 0.25) is 5.02 Å². The van der Waals surface area contributed by atoms with E-state index >= 15 is 0 Å². The molecule has 0 radical (unpaired) electrons. The van der Waals surface area contributed by atoms with Crippen molar-refractivity contribution < 1.29 is 13.2 Å². The van der Waals surface area contributed by atoms with Crippen LogP contribution in [0.3, 0.4) is 0 Å². The molecule has 2 rings (SSSR count). The van der Waals surface area contributed by atoms with Crippen LogP contribution in [0.15, 0.2) is 53.4 Å². The Kier molecular flexibility index (Phi) is 6.23. The van der Waals surface area contributed by atoms with Gasteiger partial charge in [0.1, 0.15) is 5.75 Å². The van der Waals surface area contributed by atoms with Crippen molar-refractivity contribution >= 4 is 21.6 Å². The van der Waals surface area contributed by atoms with E-state index in [1.54, 1.807) is 19.2 Å². The van der Waals surface area contributed by atoms with Crippen LogP contribution in [-0.4, -0.2) is 41.1 Å². The first kappa shape index (κ1) is 18.7. The minimum atomic E-state index is -3.60. The number of nitrogens with one attached hydrogen (secondary N) is 1. The van der Waals surface area contributed by atoms with E-state index in [9.17, 15) is 8.42 Å². The molecule has 0 unspecified atom stereocenters. The largest absolute Gasteiger partial charge is 0.497 e. The van der Waals surface area contributed by atoms with E-state index < -0.39 is 10.0 Å². The summed E-state index contributed by atoms with van der Waals surface area (Å²) in [6.45, 7) is 0.241. The second-order valence-electron chi connectivity index (χ2n) is 5.56. The average molecular weight is 369 g/mol. The molecule has 1 atom stereocenters. The van der Waals surface area contributed by atoms with Crippen molar-refractivity contribution in [1.82, 2.24) is 9.62 Å². The molecule has 0 amide bonds. The van der Waals surface area contributed by atoms with Gasteiger partial charge in [0.05, 0.1) is 12.0 Å². The molecule has 0 heterocycles. The molecule has 130 valence electrons. The average Bonchev–Trinajstić information content (AvgIpc) is 2.55. The monoisotopic (exact) mass is 368 g/mol. The number of benzene rings is 2. The second kappa shape index (κ2) is 7.98. The van der Waals surface area contributed by atoms with E-state index in [0.29, 0.717) is 5.02 Å². The number of hydrogen-bond donors (Lipinski definition) is 1. The van der Waals surface area contributed by atoms with Gasteiger partial charge in [0.25, 0.3) is 0 Å². The van der Waals surface area contributed by atoms with Gasteiger partial charge in [0.2, 0.25) is 10.0 Å². The lowest BCUT2D eigenvalue weighted by atomic mass is 10.1. The minimum Gasteiger partial charge on any atom is -0.497 e. The highest BCUT2D eigenvalue weighted by atomic mass is 35.5. The smallest absolute Gasteiger partial charge is 0.240 e. The van der Waals surface area contributed by atoms with Gasteiger partial charge in [-0.25, -0.2) is 13.1 Å².